The van der Waals surface area contributed by atoms with Gasteiger partial charge < -0.3 is 5.32 Å². The van der Waals surface area contributed by atoms with Gasteiger partial charge >= 0.3 is 6.18 Å². The Balaban J connectivity index is 3.87. The second kappa shape index (κ2) is 3.59. The lowest BCUT2D eigenvalue weighted by atomic mass is 10.1. The van der Waals surface area contributed by atoms with Gasteiger partial charge in [0, 0.05) is 13.5 Å². The van der Waals surface area contributed by atoms with Gasteiger partial charge in [-0.25, -0.2) is 0 Å². The van der Waals surface area contributed by atoms with Crippen LogP contribution in [0.25, 0.3) is 0 Å². The van der Waals surface area contributed by atoms with Gasteiger partial charge in [0.1, 0.15) is 0 Å². The van der Waals surface area contributed by atoms with Crippen molar-refractivity contribution in [2.75, 3.05) is 7.05 Å². The molecule has 0 saturated heterocycles. The van der Waals surface area contributed by atoms with Crippen LogP contribution in [0.15, 0.2) is 0 Å². The largest absolute Gasteiger partial charge is 0.392 e. The maximum Gasteiger partial charge on any atom is 0.392 e. The van der Waals surface area contributed by atoms with E-state index in [-0.39, 0.29) is 0 Å². The highest BCUT2D eigenvalue weighted by atomic mass is 19.4. The summed E-state index contributed by atoms with van der Waals surface area (Å²) in [4.78, 5) is 10.5. The topological polar surface area (TPSA) is 29.1 Å². The van der Waals surface area contributed by atoms with E-state index in [0.29, 0.717) is 0 Å². The molecule has 0 aliphatic carbocycles. The second-order valence-corrected chi connectivity index (χ2v) is 2.32. The van der Waals surface area contributed by atoms with Crippen molar-refractivity contribution in [2.45, 2.75) is 19.5 Å². The average molecular weight is 169 g/mol. The fraction of sp³-hybridized carbons (Fsp3) is 0.833. The summed E-state index contributed by atoms with van der Waals surface area (Å²) < 4.78 is 35.3. The SMILES string of the molecule is CNC(=O)C[C@H](C)C(F)(F)F. The van der Waals surface area contributed by atoms with Crippen LogP contribution in [-0.2, 0) is 4.79 Å². The van der Waals surface area contributed by atoms with Crippen molar-refractivity contribution >= 4 is 5.91 Å². The minimum absolute atomic E-state index is 0.500. The van der Waals surface area contributed by atoms with Gasteiger partial charge in [0.15, 0.2) is 0 Å². The number of amides is 1. The van der Waals surface area contributed by atoms with Crippen molar-refractivity contribution in [3.05, 3.63) is 0 Å². The van der Waals surface area contributed by atoms with Crippen LogP contribution in [-0.4, -0.2) is 19.1 Å². The minimum Gasteiger partial charge on any atom is -0.359 e. The van der Waals surface area contributed by atoms with Crippen LogP contribution in [0, 0.1) is 5.92 Å². The molecule has 0 heterocycles. The first-order valence-corrected chi connectivity index (χ1v) is 3.15. The van der Waals surface area contributed by atoms with Crippen molar-refractivity contribution in [1.82, 2.24) is 5.32 Å². The summed E-state index contributed by atoms with van der Waals surface area (Å²) >= 11 is 0. The van der Waals surface area contributed by atoms with Gasteiger partial charge in [-0.2, -0.15) is 13.2 Å². The molecule has 1 amide bonds. The molecule has 0 radical (unpaired) electrons. The Bertz CT molecular complexity index is 143. The van der Waals surface area contributed by atoms with E-state index < -0.39 is 24.4 Å². The second-order valence-electron chi connectivity index (χ2n) is 2.32. The molecule has 0 aliphatic rings. The summed E-state index contributed by atoms with van der Waals surface area (Å²) in [6, 6.07) is 0. The first-order valence-electron chi connectivity index (χ1n) is 3.15. The summed E-state index contributed by atoms with van der Waals surface area (Å²) in [7, 11) is 1.31. The summed E-state index contributed by atoms with van der Waals surface area (Å²) in [5.74, 6) is -2.16. The van der Waals surface area contributed by atoms with Gasteiger partial charge in [-0.3, -0.25) is 4.79 Å². The molecule has 0 bridgehead atoms. The van der Waals surface area contributed by atoms with E-state index in [1.807, 2.05) is 0 Å². The molecule has 0 spiro atoms. The van der Waals surface area contributed by atoms with Gasteiger partial charge in [0.2, 0.25) is 5.91 Å². The highest BCUT2D eigenvalue weighted by Crippen LogP contribution is 2.27. The van der Waals surface area contributed by atoms with Crippen LogP contribution in [0.5, 0.6) is 0 Å². The summed E-state index contributed by atoms with van der Waals surface area (Å²) in [6.07, 6.45) is -4.77. The quantitative estimate of drug-likeness (QED) is 0.663. The lowest BCUT2D eigenvalue weighted by Crippen LogP contribution is -2.27. The fourth-order valence-electron chi connectivity index (χ4n) is 0.496. The van der Waals surface area contributed by atoms with E-state index in [0.717, 1.165) is 6.92 Å². The third-order valence-electron chi connectivity index (χ3n) is 1.33. The van der Waals surface area contributed by atoms with E-state index in [9.17, 15) is 18.0 Å². The van der Waals surface area contributed by atoms with Crippen LogP contribution in [0.2, 0.25) is 0 Å². The molecule has 0 rings (SSSR count). The number of carbonyl (C=O) groups is 1. The van der Waals surface area contributed by atoms with E-state index in [4.69, 9.17) is 0 Å². The molecule has 0 aromatic rings. The van der Waals surface area contributed by atoms with Crippen molar-refractivity contribution in [3.8, 4) is 0 Å². The van der Waals surface area contributed by atoms with Crippen molar-refractivity contribution < 1.29 is 18.0 Å². The first-order chi connectivity index (χ1) is 4.88. The molecule has 0 unspecified atom stereocenters. The van der Waals surface area contributed by atoms with Gasteiger partial charge in [-0.15, -0.1) is 0 Å². The Morgan fingerprint density at radius 3 is 2.27 bits per heavy atom. The molecule has 11 heavy (non-hydrogen) atoms. The Morgan fingerprint density at radius 2 is 2.00 bits per heavy atom. The highest BCUT2D eigenvalue weighted by molar-refractivity contribution is 5.75. The number of halogens is 3. The Morgan fingerprint density at radius 1 is 1.55 bits per heavy atom. The smallest absolute Gasteiger partial charge is 0.359 e. The number of hydrogen-bond acceptors (Lipinski definition) is 1. The number of rotatable bonds is 2. The Labute approximate surface area is 62.8 Å². The summed E-state index contributed by atoms with van der Waals surface area (Å²) in [6.45, 7) is 0.981. The maximum atomic E-state index is 11.8. The molecule has 1 N–H and O–H groups in total. The van der Waals surface area contributed by atoms with Crippen LogP contribution in [0.3, 0.4) is 0 Å². The predicted octanol–water partition coefficient (Wildman–Crippen LogP) is 1.32. The molecule has 0 aromatic heterocycles. The Hall–Kier alpha value is -0.740. The van der Waals surface area contributed by atoms with Gasteiger partial charge in [0.05, 0.1) is 5.92 Å². The lowest BCUT2D eigenvalue weighted by molar-refractivity contribution is -0.174. The molecule has 0 aromatic carbocycles. The third-order valence-corrected chi connectivity index (χ3v) is 1.33. The predicted molar refractivity (Wildman–Crippen MR) is 33.9 cm³/mol. The number of carbonyl (C=O) groups excluding carboxylic acids is 1. The molecule has 0 aliphatic heterocycles. The zero-order chi connectivity index (χ0) is 9.07. The number of hydrogen-bond donors (Lipinski definition) is 1. The molecule has 1 atom stereocenters. The van der Waals surface area contributed by atoms with E-state index >= 15 is 0 Å². The van der Waals surface area contributed by atoms with E-state index in [2.05, 4.69) is 5.32 Å². The first kappa shape index (κ1) is 10.3. The average Bonchev–Trinajstić information content (AvgIpc) is 1.85. The van der Waals surface area contributed by atoms with Crippen molar-refractivity contribution in [1.29, 1.82) is 0 Å². The van der Waals surface area contributed by atoms with Gasteiger partial charge in [-0.05, 0) is 0 Å². The van der Waals surface area contributed by atoms with Crippen LogP contribution < -0.4 is 5.32 Å². The molecule has 2 nitrogen and oxygen atoms in total. The lowest BCUT2D eigenvalue weighted by Gasteiger charge is -2.13. The van der Waals surface area contributed by atoms with Gasteiger partial charge in [0.25, 0.3) is 0 Å². The van der Waals surface area contributed by atoms with Crippen molar-refractivity contribution in [2.24, 2.45) is 5.92 Å². The standard InChI is InChI=1S/C6H10F3NO/c1-4(6(7,8)9)3-5(11)10-2/h4H,3H2,1-2H3,(H,10,11)/t4-/m0/s1. The van der Waals surface area contributed by atoms with Crippen LogP contribution in [0.4, 0.5) is 13.2 Å². The summed E-state index contributed by atoms with van der Waals surface area (Å²) in [5, 5.41) is 2.13. The van der Waals surface area contributed by atoms with Crippen LogP contribution >= 0.6 is 0 Å². The number of nitrogens with one attached hydrogen (secondary N) is 1. The van der Waals surface area contributed by atoms with Crippen LogP contribution in [0.1, 0.15) is 13.3 Å². The maximum absolute atomic E-state index is 11.8. The molecule has 0 fully saturated rings. The van der Waals surface area contributed by atoms with E-state index in [1.165, 1.54) is 7.05 Å². The minimum atomic E-state index is -4.27. The van der Waals surface area contributed by atoms with Gasteiger partial charge in [-0.1, -0.05) is 6.92 Å². The molecular weight excluding hydrogens is 159 g/mol. The molecule has 66 valence electrons. The normalized spacial score (nSPS) is 14.3. The van der Waals surface area contributed by atoms with E-state index in [1.54, 1.807) is 0 Å². The number of alkyl halides is 3. The highest BCUT2D eigenvalue weighted by Gasteiger charge is 2.36. The van der Waals surface area contributed by atoms with Crippen molar-refractivity contribution in [3.63, 3.8) is 0 Å². The Kier molecular flexibility index (Phi) is 3.35. The zero-order valence-electron chi connectivity index (χ0n) is 6.33. The molecular formula is C6H10F3NO. The fourth-order valence-corrected chi connectivity index (χ4v) is 0.496. The molecule has 5 heteroatoms. The zero-order valence-corrected chi connectivity index (χ0v) is 6.33. The summed E-state index contributed by atoms with van der Waals surface area (Å²) in [5.41, 5.74) is 0. The third kappa shape index (κ3) is 3.85. The monoisotopic (exact) mass is 169 g/mol. The molecule has 0 saturated carbocycles.